The summed E-state index contributed by atoms with van der Waals surface area (Å²) >= 11 is 0. The van der Waals surface area contributed by atoms with E-state index in [0.717, 1.165) is 36.3 Å². The molecule has 1 fully saturated rings. The van der Waals surface area contributed by atoms with Gasteiger partial charge in [0.25, 0.3) is 0 Å². The molecule has 1 atom stereocenters. The maximum Gasteiger partial charge on any atom is 0.243 e. The van der Waals surface area contributed by atoms with Crippen molar-refractivity contribution in [2.45, 2.75) is 25.3 Å². The first-order chi connectivity index (χ1) is 13.7. The molecule has 2 aliphatic rings. The number of aryl methyl sites for hydroxylation is 1. The van der Waals surface area contributed by atoms with Gasteiger partial charge in [-0.3, -0.25) is 9.59 Å². The first-order valence-corrected chi connectivity index (χ1v) is 9.80. The average molecular weight is 416 g/mol. The summed E-state index contributed by atoms with van der Waals surface area (Å²) in [4.78, 5) is 27.0. The summed E-state index contributed by atoms with van der Waals surface area (Å²) in [5.74, 6) is 0.000870. The number of para-hydroxylation sites is 1. The summed E-state index contributed by atoms with van der Waals surface area (Å²) in [7, 11) is 0. The Hall–Kier alpha value is -2.41. The van der Waals surface area contributed by atoms with E-state index in [0.29, 0.717) is 26.2 Å². The standard InChI is InChI=1S/C22H25N3O3.ClH/c26-21(25-12-3-5-17-4-1-2-6-20(17)25)14-16-7-9-18(10-8-16)24-22(27)19-15-28-13-11-23-19;/h1-2,4,6-10,19,23H,3,5,11-15H2,(H,24,27);1H. The van der Waals surface area contributed by atoms with Crippen LogP contribution in [-0.4, -0.2) is 44.2 Å². The van der Waals surface area contributed by atoms with Crippen LogP contribution in [0.1, 0.15) is 17.5 Å². The van der Waals surface area contributed by atoms with Crippen LogP contribution in [0.3, 0.4) is 0 Å². The minimum absolute atomic E-state index is 0. The molecule has 6 nitrogen and oxygen atoms in total. The molecule has 0 saturated carbocycles. The molecule has 2 aromatic rings. The van der Waals surface area contributed by atoms with Gasteiger partial charge in [0.2, 0.25) is 11.8 Å². The van der Waals surface area contributed by atoms with Crippen molar-refractivity contribution in [3.63, 3.8) is 0 Å². The highest BCUT2D eigenvalue weighted by Crippen LogP contribution is 2.27. The molecule has 0 radical (unpaired) electrons. The van der Waals surface area contributed by atoms with Gasteiger partial charge in [-0.15, -0.1) is 12.4 Å². The summed E-state index contributed by atoms with van der Waals surface area (Å²) in [6.07, 6.45) is 2.36. The minimum Gasteiger partial charge on any atom is -0.378 e. The fourth-order valence-corrected chi connectivity index (χ4v) is 3.73. The van der Waals surface area contributed by atoms with Crippen LogP contribution in [0.5, 0.6) is 0 Å². The van der Waals surface area contributed by atoms with E-state index < -0.39 is 0 Å². The van der Waals surface area contributed by atoms with Crippen molar-refractivity contribution >= 4 is 35.6 Å². The number of nitrogens with one attached hydrogen (secondary N) is 2. The molecule has 2 amide bonds. The van der Waals surface area contributed by atoms with E-state index >= 15 is 0 Å². The van der Waals surface area contributed by atoms with Crippen LogP contribution in [0.2, 0.25) is 0 Å². The Kier molecular flexibility index (Phi) is 7.25. The van der Waals surface area contributed by atoms with Crippen molar-refractivity contribution in [3.05, 3.63) is 59.7 Å². The molecule has 1 unspecified atom stereocenters. The number of hydrogen-bond donors (Lipinski definition) is 2. The van der Waals surface area contributed by atoms with E-state index in [1.54, 1.807) is 0 Å². The molecule has 0 bridgehead atoms. The molecule has 2 aromatic carbocycles. The topological polar surface area (TPSA) is 70.7 Å². The maximum absolute atomic E-state index is 12.8. The molecule has 7 heteroatoms. The highest BCUT2D eigenvalue weighted by atomic mass is 35.5. The van der Waals surface area contributed by atoms with E-state index in [2.05, 4.69) is 16.7 Å². The molecule has 2 heterocycles. The van der Waals surface area contributed by atoms with E-state index in [1.165, 1.54) is 5.56 Å². The number of nitrogens with zero attached hydrogens (tertiary/aromatic N) is 1. The van der Waals surface area contributed by atoms with Gasteiger partial charge < -0.3 is 20.3 Å². The third-order valence-electron chi connectivity index (χ3n) is 5.23. The summed E-state index contributed by atoms with van der Waals surface area (Å²) in [6, 6.07) is 15.3. The Labute approximate surface area is 177 Å². The second-order valence-corrected chi connectivity index (χ2v) is 7.22. The van der Waals surface area contributed by atoms with Gasteiger partial charge in [0.1, 0.15) is 6.04 Å². The Morgan fingerprint density at radius 2 is 1.93 bits per heavy atom. The predicted molar refractivity (Wildman–Crippen MR) is 116 cm³/mol. The second kappa shape index (κ2) is 9.87. The molecule has 0 aromatic heterocycles. The summed E-state index contributed by atoms with van der Waals surface area (Å²) in [5, 5.41) is 6.03. The molecular weight excluding hydrogens is 390 g/mol. The summed E-state index contributed by atoms with van der Waals surface area (Å²) in [6.45, 7) is 2.46. The fraction of sp³-hybridized carbons (Fsp3) is 0.364. The molecular formula is C22H26ClN3O3. The number of ether oxygens (including phenoxy) is 1. The predicted octanol–water partition coefficient (Wildman–Crippen LogP) is 2.56. The third kappa shape index (κ3) is 5.15. The maximum atomic E-state index is 12.8. The zero-order valence-electron chi connectivity index (χ0n) is 16.2. The molecule has 2 aliphatic heterocycles. The van der Waals surface area contributed by atoms with Crippen molar-refractivity contribution in [1.29, 1.82) is 0 Å². The minimum atomic E-state index is -0.325. The molecule has 29 heavy (non-hydrogen) atoms. The first-order valence-electron chi connectivity index (χ1n) is 9.80. The second-order valence-electron chi connectivity index (χ2n) is 7.22. The van der Waals surface area contributed by atoms with Gasteiger partial charge in [0.15, 0.2) is 0 Å². The van der Waals surface area contributed by atoms with Crippen molar-refractivity contribution in [1.82, 2.24) is 5.32 Å². The van der Waals surface area contributed by atoms with Gasteiger partial charge in [-0.2, -0.15) is 0 Å². The smallest absolute Gasteiger partial charge is 0.243 e. The number of rotatable bonds is 4. The van der Waals surface area contributed by atoms with E-state index in [1.807, 2.05) is 47.4 Å². The van der Waals surface area contributed by atoms with E-state index in [-0.39, 0.29) is 30.3 Å². The average Bonchev–Trinajstić information content (AvgIpc) is 2.75. The van der Waals surface area contributed by atoms with Gasteiger partial charge >= 0.3 is 0 Å². The number of morpholine rings is 1. The summed E-state index contributed by atoms with van der Waals surface area (Å²) in [5.41, 5.74) is 3.92. The van der Waals surface area contributed by atoms with Gasteiger partial charge in [-0.25, -0.2) is 0 Å². The zero-order valence-corrected chi connectivity index (χ0v) is 17.0. The molecule has 0 aliphatic carbocycles. The summed E-state index contributed by atoms with van der Waals surface area (Å²) < 4.78 is 5.32. The number of fused-ring (bicyclic) bond motifs is 1. The number of carbonyl (C=O) groups excluding carboxylic acids is 2. The monoisotopic (exact) mass is 415 g/mol. The molecule has 1 saturated heterocycles. The molecule has 4 rings (SSSR count). The SMILES string of the molecule is Cl.O=C(Nc1ccc(CC(=O)N2CCCc3ccccc32)cc1)C1COCCN1. The van der Waals surface area contributed by atoms with Crippen LogP contribution in [0, 0.1) is 0 Å². The van der Waals surface area contributed by atoms with Crippen molar-refractivity contribution in [2.75, 3.05) is 36.5 Å². The number of carbonyl (C=O) groups is 2. The quantitative estimate of drug-likeness (QED) is 0.805. The van der Waals surface area contributed by atoms with E-state index in [9.17, 15) is 9.59 Å². The largest absolute Gasteiger partial charge is 0.378 e. The normalized spacial score (nSPS) is 18.3. The third-order valence-corrected chi connectivity index (χ3v) is 5.23. The number of halogens is 1. The van der Waals surface area contributed by atoms with Crippen molar-refractivity contribution < 1.29 is 14.3 Å². The number of hydrogen-bond acceptors (Lipinski definition) is 4. The lowest BCUT2D eigenvalue weighted by atomic mass is 10.0. The van der Waals surface area contributed by atoms with Crippen LogP contribution < -0.4 is 15.5 Å². The van der Waals surface area contributed by atoms with Crippen LogP contribution in [0.15, 0.2) is 48.5 Å². The molecule has 154 valence electrons. The number of anilines is 2. The fourth-order valence-electron chi connectivity index (χ4n) is 3.73. The number of amides is 2. The van der Waals surface area contributed by atoms with Crippen molar-refractivity contribution in [3.8, 4) is 0 Å². The van der Waals surface area contributed by atoms with Crippen molar-refractivity contribution in [2.24, 2.45) is 0 Å². The van der Waals surface area contributed by atoms with Gasteiger partial charge in [0, 0.05) is 24.5 Å². The van der Waals surface area contributed by atoms with Crippen LogP contribution >= 0.6 is 12.4 Å². The lowest BCUT2D eigenvalue weighted by Gasteiger charge is -2.29. The highest BCUT2D eigenvalue weighted by molar-refractivity contribution is 5.96. The van der Waals surface area contributed by atoms with Crippen LogP contribution in [0.4, 0.5) is 11.4 Å². The van der Waals surface area contributed by atoms with Gasteiger partial charge in [-0.1, -0.05) is 30.3 Å². The Morgan fingerprint density at radius 3 is 2.69 bits per heavy atom. The van der Waals surface area contributed by atoms with Crippen LogP contribution in [-0.2, 0) is 27.2 Å². The zero-order chi connectivity index (χ0) is 19.3. The van der Waals surface area contributed by atoms with Gasteiger partial charge in [-0.05, 0) is 42.2 Å². The Morgan fingerprint density at radius 1 is 1.14 bits per heavy atom. The Balaban J connectivity index is 0.00000240. The number of benzene rings is 2. The Bertz CT molecular complexity index is 851. The van der Waals surface area contributed by atoms with E-state index in [4.69, 9.17) is 4.74 Å². The molecule has 0 spiro atoms. The lowest BCUT2D eigenvalue weighted by Crippen LogP contribution is -2.48. The van der Waals surface area contributed by atoms with Gasteiger partial charge in [0.05, 0.1) is 19.6 Å². The highest BCUT2D eigenvalue weighted by Gasteiger charge is 2.23. The molecule has 2 N–H and O–H groups in total. The first kappa shape index (κ1) is 21.3. The van der Waals surface area contributed by atoms with Crippen LogP contribution in [0.25, 0.3) is 0 Å². The lowest BCUT2D eigenvalue weighted by molar-refractivity contribution is -0.121.